The summed E-state index contributed by atoms with van der Waals surface area (Å²) in [6.07, 6.45) is 6.85. The number of terminal acetylenes is 1. The van der Waals surface area contributed by atoms with Gasteiger partial charge in [0.15, 0.2) is 23.5 Å². The third-order valence-electron chi connectivity index (χ3n) is 6.81. The third-order valence-corrected chi connectivity index (χ3v) is 8.28. The number of nitrogen functional groups attached to an aromatic ring is 1. The maximum atomic E-state index is 16.0. The molecule has 1 saturated carbocycles. The van der Waals surface area contributed by atoms with Gasteiger partial charge in [0.25, 0.3) is 13.4 Å². The molecule has 14 nitrogen and oxygen atoms in total. The summed E-state index contributed by atoms with van der Waals surface area (Å²) in [6.45, 7) is 3.41. The fourth-order valence-electron chi connectivity index (χ4n) is 4.75. The van der Waals surface area contributed by atoms with Gasteiger partial charge < -0.3 is 34.7 Å². The first-order valence-corrected chi connectivity index (χ1v) is 15.0. The summed E-state index contributed by atoms with van der Waals surface area (Å²) in [5.74, 6) is -1.95. The van der Waals surface area contributed by atoms with Crippen LogP contribution in [0.25, 0.3) is 11.2 Å². The van der Waals surface area contributed by atoms with Gasteiger partial charge in [0.1, 0.15) is 18.8 Å². The van der Waals surface area contributed by atoms with E-state index in [-0.39, 0.29) is 35.7 Å². The Balaban J connectivity index is 1.49. The van der Waals surface area contributed by atoms with Crippen molar-refractivity contribution in [1.82, 2.24) is 24.6 Å². The number of hydrogen-bond donors (Lipinski definition) is 4. The van der Waals surface area contributed by atoms with Gasteiger partial charge >= 0.3 is 5.97 Å². The van der Waals surface area contributed by atoms with Crippen molar-refractivity contribution in [1.29, 1.82) is 0 Å². The Hall–Kier alpha value is -2.86. The number of nitrogens with one attached hydrogen (secondary N) is 1. The van der Waals surface area contributed by atoms with E-state index in [1.165, 1.54) is 6.92 Å². The Labute approximate surface area is 230 Å². The first-order valence-electron chi connectivity index (χ1n) is 12.9. The predicted molar refractivity (Wildman–Crippen MR) is 140 cm³/mol. The molecule has 1 aliphatic heterocycles. The highest BCUT2D eigenvalue weighted by Gasteiger charge is 2.65. The molecule has 1 aliphatic carbocycles. The van der Waals surface area contributed by atoms with Crippen LogP contribution < -0.4 is 15.6 Å². The van der Waals surface area contributed by atoms with Crippen LogP contribution >= 0.6 is 7.52 Å². The number of nitrogens with two attached hydrogens (primary N) is 1. The highest BCUT2D eigenvalue weighted by molar-refractivity contribution is 7.56. The third kappa shape index (κ3) is 5.93. The maximum absolute atomic E-state index is 16.0. The number of alkyl halides is 1. The molecule has 2 fully saturated rings. The summed E-state index contributed by atoms with van der Waals surface area (Å²) < 4.78 is 51.8. The molecule has 1 saturated heterocycles. The van der Waals surface area contributed by atoms with Gasteiger partial charge in [-0.25, -0.2) is 14.5 Å². The van der Waals surface area contributed by atoms with Crippen molar-refractivity contribution in [3.8, 4) is 18.2 Å². The monoisotopic (exact) mass is 584 g/mol. The molecule has 0 aromatic carbocycles. The first kappa shape index (κ1) is 30.1. The number of imidazole rings is 1. The second-order valence-corrected chi connectivity index (χ2v) is 12.1. The molecule has 2 aliphatic rings. The molecule has 2 aromatic rings. The predicted octanol–water partition coefficient (Wildman–Crippen LogP) is 1.42. The van der Waals surface area contributed by atoms with Crippen LogP contribution in [0, 0.1) is 12.3 Å². The summed E-state index contributed by atoms with van der Waals surface area (Å²) in [5, 5.41) is 24.4. The van der Waals surface area contributed by atoms with Crippen molar-refractivity contribution in [2.24, 2.45) is 0 Å². The number of rotatable bonds is 10. The van der Waals surface area contributed by atoms with Crippen LogP contribution in [0.5, 0.6) is 5.88 Å². The molecule has 40 heavy (non-hydrogen) atoms. The maximum Gasteiger partial charge on any atom is 0.323 e. The molecule has 1 unspecified atom stereocenters. The fourth-order valence-corrected chi connectivity index (χ4v) is 6.06. The molecule has 220 valence electrons. The lowest BCUT2D eigenvalue weighted by Gasteiger charge is -2.28. The normalized spacial score (nSPS) is 29.5. The lowest BCUT2D eigenvalue weighted by atomic mass is 9.94. The number of aliphatic hydroxyl groups is 2. The van der Waals surface area contributed by atoms with Crippen LogP contribution in [-0.4, -0.2) is 85.3 Å². The van der Waals surface area contributed by atoms with Crippen LogP contribution in [0.4, 0.5) is 10.3 Å². The SMILES string of the molecule is C#C[C@]1(O)[C@H](n2cnc3c(OCC)nc(N)nc32)O[C@](F)(COP(C)(=O)N[C@@H](C)C(=O)OC2CCCCC2)[C@H]1O. The van der Waals surface area contributed by atoms with Gasteiger partial charge in [-0.15, -0.1) is 6.42 Å². The van der Waals surface area contributed by atoms with Crippen LogP contribution in [0.1, 0.15) is 52.2 Å². The van der Waals surface area contributed by atoms with Gasteiger partial charge in [0.05, 0.1) is 12.9 Å². The number of fused-ring (bicyclic) bond motifs is 1. The number of nitrogens with zero attached hydrogens (tertiary/aromatic N) is 4. The molecule has 0 radical (unpaired) electrons. The van der Waals surface area contributed by atoms with Crippen molar-refractivity contribution in [3.63, 3.8) is 0 Å². The van der Waals surface area contributed by atoms with Gasteiger partial charge in [-0.05, 0) is 39.5 Å². The van der Waals surface area contributed by atoms with Crippen LogP contribution in [0.2, 0.25) is 0 Å². The van der Waals surface area contributed by atoms with Crippen LogP contribution in [0.15, 0.2) is 6.33 Å². The molecule has 0 spiro atoms. The quantitative estimate of drug-likeness (QED) is 0.178. The Morgan fingerprint density at radius 3 is 2.77 bits per heavy atom. The number of aromatic nitrogens is 4. The van der Waals surface area contributed by atoms with Gasteiger partial charge in [-0.3, -0.25) is 13.9 Å². The molecule has 0 bridgehead atoms. The van der Waals surface area contributed by atoms with E-state index in [1.54, 1.807) is 6.92 Å². The smallest absolute Gasteiger partial charge is 0.323 e. The zero-order valence-electron chi connectivity index (χ0n) is 22.4. The van der Waals surface area contributed by atoms with Crippen molar-refractivity contribution in [2.45, 2.75) is 81.9 Å². The number of halogens is 1. The molecule has 3 heterocycles. The molecule has 4 rings (SSSR count). The zero-order valence-corrected chi connectivity index (χ0v) is 23.3. The minimum atomic E-state index is -3.86. The van der Waals surface area contributed by atoms with Crippen molar-refractivity contribution in [2.75, 3.05) is 25.6 Å². The average molecular weight is 585 g/mol. The summed E-state index contributed by atoms with van der Waals surface area (Å²) in [7, 11) is -3.86. The second-order valence-electron chi connectivity index (χ2n) is 9.94. The van der Waals surface area contributed by atoms with E-state index >= 15 is 4.39 Å². The van der Waals surface area contributed by atoms with Crippen LogP contribution in [-0.2, 0) is 23.4 Å². The molecule has 6 atom stereocenters. The Morgan fingerprint density at radius 2 is 2.12 bits per heavy atom. The van der Waals surface area contributed by atoms with E-state index in [0.29, 0.717) is 0 Å². The highest BCUT2D eigenvalue weighted by Crippen LogP contribution is 2.49. The molecule has 0 amide bonds. The molecule has 5 N–H and O–H groups in total. The Morgan fingerprint density at radius 1 is 1.43 bits per heavy atom. The van der Waals surface area contributed by atoms with Gasteiger partial charge in [-0.1, -0.05) is 12.3 Å². The number of hydrogen-bond acceptors (Lipinski definition) is 12. The number of ether oxygens (including phenoxy) is 3. The average Bonchev–Trinajstić information content (AvgIpc) is 3.41. The summed E-state index contributed by atoms with van der Waals surface area (Å²) in [6, 6.07) is -1.03. The van der Waals surface area contributed by atoms with Crippen LogP contribution in [0.3, 0.4) is 0 Å². The topological polar surface area (TPSA) is 193 Å². The lowest BCUT2D eigenvalue weighted by molar-refractivity contribution is -0.202. The standard InChI is InChI=1S/C24H34FN6O8P/c1-5-23(34)20(33)24(25,12-37-40(4,35)30-14(3)19(32)38-15-10-8-7-9-11-15)39-21(23)31-13-27-16-17(31)28-22(26)29-18(16)36-6-2/h1,13-15,20-21,33-34H,6-12H2,2-4H3,(H,30,35)(H2,26,28,29)/t14-,20-,21+,23+,24+,40?/m0/s1. The van der Waals surface area contributed by atoms with Gasteiger partial charge in [-0.2, -0.15) is 9.97 Å². The van der Waals surface area contributed by atoms with E-state index in [9.17, 15) is 19.6 Å². The van der Waals surface area contributed by atoms with E-state index in [1.807, 2.05) is 5.92 Å². The Kier molecular flexibility index (Phi) is 8.70. The van der Waals surface area contributed by atoms with E-state index in [0.717, 1.165) is 49.7 Å². The first-order chi connectivity index (χ1) is 18.8. The minimum absolute atomic E-state index is 0.0138. The number of anilines is 1. The largest absolute Gasteiger partial charge is 0.476 e. The van der Waals surface area contributed by atoms with Crippen molar-refractivity contribution < 1.29 is 42.7 Å². The molecular formula is C24H34FN6O8P. The van der Waals surface area contributed by atoms with E-state index in [4.69, 9.17) is 30.9 Å². The fraction of sp³-hybridized carbons (Fsp3) is 0.667. The Bertz CT molecular complexity index is 1330. The number of aliphatic hydroxyl groups excluding tert-OH is 1. The summed E-state index contributed by atoms with van der Waals surface area (Å²) in [4.78, 5) is 24.6. The highest BCUT2D eigenvalue weighted by atomic mass is 31.2. The molecule has 2 aromatic heterocycles. The second kappa shape index (κ2) is 11.6. The van der Waals surface area contributed by atoms with Gasteiger partial charge in [0.2, 0.25) is 17.4 Å². The summed E-state index contributed by atoms with van der Waals surface area (Å²) >= 11 is 0. The van der Waals surface area contributed by atoms with Crippen molar-refractivity contribution >= 4 is 30.6 Å². The molecular weight excluding hydrogens is 550 g/mol. The summed E-state index contributed by atoms with van der Waals surface area (Å²) in [5.41, 5.74) is 3.24. The van der Waals surface area contributed by atoms with Gasteiger partial charge in [0, 0.05) is 6.66 Å². The zero-order chi connectivity index (χ0) is 29.3. The number of esters is 1. The van der Waals surface area contributed by atoms with E-state index < -0.39 is 49.9 Å². The van der Waals surface area contributed by atoms with E-state index in [2.05, 4.69) is 20.0 Å². The van der Waals surface area contributed by atoms with Crippen molar-refractivity contribution in [3.05, 3.63) is 6.33 Å². The number of carbonyl (C=O) groups is 1. The minimum Gasteiger partial charge on any atom is -0.476 e. The molecule has 16 heteroatoms. The lowest BCUT2D eigenvalue weighted by Crippen LogP contribution is -2.50. The number of carbonyl (C=O) groups excluding carboxylic acids is 1.